The number of hydrogen-bond donors (Lipinski definition) is 0. The lowest BCUT2D eigenvalue weighted by molar-refractivity contribution is -0.132. The highest BCUT2D eigenvalue weighted by Gasteiger charge is 2.19. The van der Waals surface area contributed by atoms with Crippen LogP contribution >= 0.6 is 0 Å². The van der Waals surface area contributed by atoms with Gasteiger partial charge in [0.1, 0.15) is 5.82 Å². The summed E-state index contributed by atoms with van der Waals surface area (Å²) >= 11 is 0. The van der Waals surface area contributed by atoms with Crippen LogP contribution in [0.5, 0.6) is 0 Å². The molecule has 0 saturated carbocycles. The normalized spacial score (nSPS) is 15.0. The first kappa shape index (κ1) is 18.4. The van der Waals surface area contributed by atoms with Crippen LogP contribution in [-0.4, -0.2) is 60.0 Å². The van der Waals surface area contributed by atoms with Gasteiger partial charge in [0.15, 0.2) is 0 Å². The molecule has 5 heteroatoms. The first-order valence-corrected chi connectivity index (χ1v) is 9.46. The number of benzene rings is 1. The van der Waals surface area contributed by atoms with Crippen LogP contribution in [0.2, 0.25) is 0 Å². The number of anilines is 1. The summed E-state index contributed by atoms with van der Waals surface area (Å²) in [6.07, 6.45) is 2.43. The predicted octanol–water partition coefficient (Wildman–Crippen LogP) is 2.64. The van der Waals surface area contributed by atoms with Crippen LogP contribution in [0.4, 0.5) is 5.82 Å². The van der Waals surface area contributed by atoms with E-state index in [1.165, 1.54) is 5.56 Å². The number of aromatic nitrogens is 1. The molecule has 1 fully saturated rings. The van der Waals surface area contributed by atoms with Gasteiger partial charge in [0, 0.05) is 58.4 Å². The predicted molar refractivity (Wildman–Crippen MR) is 105 cm³/mol. The monoisotopic (exact) mass is 352 g/mol. The summed E-state index contributed by atoms with van der Waals surface area (Å²) in [6.45, 7) is 8.22. The van der Waals surface area contributed by atoms with Crippen LogP contribution in [0.1, 0.15) is 18.9 Å². The molecule has 0 aliphatic carbocycles. The van der Waals surface area contributed by atoms with E-state index >= 15 is 0 Å². The van der Waals surface area contributed by atoms with Gasteiger partial charge in [0.25, 0.3) is 0 Å². The van der Waals surface area contributed by atoms with Crippen molar-refractivity contribution in [3.8, 4) is 0 Å². The zero-order valence-corrected chi connectivity index (χ0v) is 15.6. The highest BCUT2D eigenvalue weighted by molar-refractivity contribution is 5.76. The van der Waals surface area contributed by atoms with E-state index < -0.39 is 0 Å². The number of carbonyl (C=O) groups excluding carboxylic acids is 1. The van der Waals surface area contributed by atoms with Crippen molar-refractivity contribution >= 4 is 11.7 Å². The second kappa shape index (κ2) is 9.34. The molecule has 138 valence electrons. The van der Waals surface area contributed by atoms with Crippen molar-refractivity contribution in [1.82, 2.24) is 14.8 Å². The van der Waals surface area contributed by atoms with E-state index in [-0.39, 0.29) is 5.91 Å². The number of rotatable bonds is 7. The van der Waals surface area contributed by atoms with E-state index in [2.05, 4.69) is 33.0 Å². The van der Waals surface area contributed by atoms with E-state index in [4.69, 9.17) is 0 Å². The molecular weight excluding hydrogens is 324 g/mol. The molecule has 5 nitrogen and oxygen atoms in total. The van der Waals surface area contributed by atoms with E-state index in [0.717, 1.165) is 45.1 Å². The molecule has 2 heterocycles. The Labute approximate surface area is 156 Å². The molecule has 0 bridgehead atoms. The molecule has 2 aromatic rings. The Morgan fingerprint density at radius 3 is 2.42 bits per heavy atom. The summed E-state index contributed by atoms with van der Waals surface area (Å²) in [4.78, 5) is 23.6. The Hall–Kier alpha value is -2.40. The Morgan fingerprint density at radius 2 is 1.77 bits per heavy atom. The lowest BCUT2D eigenvalue weighted by atomic mass is 10.2. The highest BCUT2D eigenvalue weighted by Crippen LogP contribution is 2.13. The largest absolute Gasteiger partial charge is 0.354 e. The minimum Gasteiger partial charge on any atom is -0.354 e. The van der Waals surface area contributed by atoms with Gasteiger partial charge in [-0.05, 0) is 24.6 Å². The molecule has 0 spiro atoms. The van der Waals surface area contributed by atoms with Crippen LogP contribution in [0, 0.1) is 0 Å². The van der Waals surface area contributed by atoms with Crippen molar-refractivity contribution in [3.63, 3.8) is 0 Å². The SMILES string of the molecule is CCN(Cc1ccccc1)C(=O)CCN1CCN(c2ccccn2)CC1. The molecule has 1 aromatic carbocycles. The minimum atomic E-state index is 0.239. The lowest BCUT2D eigenvalue weighted by Crippen LogP contribution is -2.47. The fourth-order valence-electron chi connectivity index (χ4n) is 3.33. The molecule has 0 atom stereocenters. The van der Waals surface area contributed by atoms with Crippen molar-refractivity contribution in [2.75, 3.05) is 44.2 Å². The van der Waals surface area contributed by atoms with Crippen LogP contribution < -0.4 is 4.90 Å². The average molecular weight is 352 g/mol. The molecule has 0 unspecified atom stereocenters. The molecule has 1 aliphatic rings. The topological polar surface area (TPSA) is 39.7 Å². The van der Waals surface area contributed by atoms with Crippen LogP contribution in [-0.2, 0) is 11.3 Å². The minimum absolute atomic E-state index is 0.239. The van der Waals surface area contributed by atoms with Crippen molar-refractivity contribution in [3.05, 3.63) is 60.3 Å². The van der Waals surface area contributed by atoms with Gasteiger partial charge < -0.3 is 9.80 Å². The van der Waals surface area contributed by atoms with E-state index in [1.54, 1.807) is 0 Å². The Morgan fingerprint density at radius 1 is 1.04 bits per heavy atom. The van der Waals surface area contributed by atoms with Gasteiger partial charge in [0.2, 0.25) is 5.91 Å². The van der Waals surface area contributed by atoms with Crippen molar-refractivity contribution < 1.29 is 4.79 Å². The van der Waals surface area contributed by atoms with Crippen molar-refractivity contribution in [1.29, 1.82) is 0 Å². The molecule has 1 amide bonds. The second-order valence-corrected chi connectivity index (χ2v) is 6.66. The summed E-state index contributed by atoms with van der Waals surface area (Å²) in [5, 5.41) is 0. The van der Waals surface area contributed by atoms with Gasteiger partial charge in [0.05, 0.1) is 0 Å². The Kier molecular flexibility index (Phi) is 6.61. The zero-order valence-electron chi connectivity index (χ0n) is 15.6. The maximum absolute atomic E-state index is 12.6. The number of hydrogen-bond acceptors (Lipinski definition) is 4. The van der Waals surface area contributed by atoms with Crippen LogP contribution in [0.3, 0.4) is 0 Å². The summed E-state index contributed by atoms with van der Waals surface area (Å²) in [7, 11) is 0. The summed E-state index contributed by atoms with van der Waals surface area (Å²) in [5.41, 5.74) is 1.19. The Balaban J connectivity index is 1.43. The number of carbonyl (C=O) groups is 1. The van der Waals surface area contributed by atoms with E-state index in [1.807, 2.05) is 48.4 Å². The van der Waals surface area contributed by atoms with Gasteiger partial charge in [-0.2, -0.15) is 0 Å². The summed E-state index contributed by atoms with van der Waals surface area (Å²) < 4.78 is 0. The number of amides is 1. The molecule has 1 saturated heterocycles. The molecule has 1 aromatic heterocycles. The van der Waals surface area contributed by atoms with Gasteiger partial charge in [-0.15, -0.1) is 0 Å². The standard InChI is InChI=1S/C21H28N4O/c1-2-24(18-19-8-4-3-5-9-19)21(26)11-13-23-14-16-25(17-15-23)20-10-6-7-12-22-20/h3-10,12H,2,11,13-18H2,1H3. The number of piperazine rings is 1. The van der Waals surface area contributed by atoms with Gasteiger partial charge >= 0.3 is 0 Å². The summed E-state index contributed by atoms with van der Waals surface area (Å²) in [5.74, 6) is 1.28. The first-order chi connectivity index (χ1) is 12.8. The van der Waals surface area contributed by atoms with E-state index in [0.29, 0.717) is 13.0 Å². The maximum atomic E-state index is 12.6. The molecule has 0 radical (unpaired) electrons. The average Bonchev–Trinajstić information content (AvgIpc) is 2.72. The van der Waals surface area contributed by atoms with Crippen molar-refractivity contribution in [2.45, 2.75) is 19.9 Å². The molecule has 3 rings (SSSR count). The van der Waals surface area contributed by atoms with Gasteiger partial charge in [-0.25, -0.2) is 4.98 Å². The molecule has 0 N–H and O–H groups in total. The number of pyridine rings is 1. The van der Waals surface area contributed by atoms with Gasteiger partial charge in [-0.1, -0.05) is 36.4 Å². The first-order valence-electron chi connectivity index (χ1n) is 9.46. The second-order valence-electron chi connectivity index (χ2n) is 6.66. The van der Waals surface area contributed by atoms with Crippen LogP contribution in [0.25, 0.3) is 0 Å². The fourth-order valence-corrected chi connectivity index (χ4v) is 3.33. The fraction of sp³-hybridized carbons (Fsp3) is 0.429. The highest BCUT2D eigenvalue weighted by atomic mass is 16.2. The smallest absolute Gasteiger partial charge is 0.224 e. The third kappa shape index (κ3) is 5.05. The van der Waals surface area contributed by atoms with Gasteiger partial charge in [-0.3, -0.25) is 9.69 Å². The zero-order chi connectivity index (χ0) is 18.2. The summed E-state index contributed by atoms with van der Waals surface area (Å²) in [6, 6.07) is 16.2. The molecular formula is C21H28N4O. The van der Waals surface area contributed by atoms with E-state index in [9.17, 15) is 4.79 Å². The maximum Gasteiger partial charge on any atom is 0.224 e. The number of nitrogens with zero attached hydrogens (tertiary/aromatic N) is 4. The quantitative estimate of drug-likeness (QED) is 0.768. The van der Waals surface area contributed by atoms with Crippen LogP contribution in [0.15, 0.2) is 54.7 Å². The van der Waals surface area contributed by atoms with Crippen molar-refractivity contribution in [2.24, 2.45) is 0 Å². The third-order valence-corrected chi connectivity index (χ3v) is 4.94. The molecule has 1 aliphatic heterocycles. The third-order valence-electron chi connectivity index (χ3n) is 4.94. The molecule has 26 heavy (non-hydrogen) atoms. The lowest BCUT2D eigenvalue weighted by Gasteiger charge is -2.35. The Bertz CT molecular complexity index is 669.